The number of amides is 5. The Morgan fingerprint density at radius 3 is 2.48 bits per heavy atom. The zero-order valence-corrected chi connectivity index (χ0v) is 15.5. The van der Waals surface area contributed by atoms with E-state index in [1.165, 1.54) is 17.5 Å². The maximum absolute atomic E-state index is 12.7. The molecule has 1 saturated heterocycles. The van der Waals surface area contributed by atoms with Gasteiger partial charge >= 0.3 is 17.8 Å². The molecule has 1 aromatic carbocycles. The van der Waals surface area contributed by atoms with Crippen LogP contribution in [0.25, 0.3) is 0 Å². The van der Waals surface area contributed by atoms with Crippen LogP contribution in [-0.2, 0) is 29.1 Å². The number of likely N-dealkylation sites (N-methyl/N-ethyl adjacent to an activating group) is 1. The topological polar surface area (TPSA) is 78.0 Å². The Bertz CT molecular complexity index is 950. The maximum Gasteiger partial charge on any atom is 0.334 e. The van der Waals surface area contributed by atoms with Crippen LogP contribution in [0.2, 0.25) is 0 Å². The number of fused-ring (bicyclic) bond motifs is 1. The summed E-state index contributed by atoms with van der Waals surface area (Å²) in [5, 5.41) is 2.05. The van der Waals surface area contributed by atoms with Gasteiger partial charge in [0.2, 0.25) is 0 Å². The molecule has 1 aromatic heterocycles. The van der Waals surface area contributed by atoms with E-state index < -0.39 is 17.8 Å². The summed E-state index contributed by atoms with van der Waals surface area (Å²) in [5.41, 5.74) is 2.44. The van der Waals surface area contributed by atoms with Crippen molar-refractivity contribution in [3.8, 4) is 0 Å². The second-order valence-corrected chi connectivity index (χ2v) is 7.58. The predicted octanol–water partition coefficient (Wildman–Crippen LogP) is 1.87. The molecular weight excluding hydrogens is 366 g/mol. The molecule has 2 aliphatic rings. The van der Waals surface area contributed by atoms with Crippen LogP contribution in [0.15, 0.2) is 35.7 Å². The number of benzene rings is 1. The molecule has 2 aromatic rings. The number of thiophene rings is 1. The number of nitrogens with zero attached hydrogens (tertiary/aromatic N) is 3. The standard InChI is InChI=1S/C19H17N3O4S/c1-20-17(24)18(25)22(19(20)26)10-12-2-4-13(5-3-12)16(23)21-8-6-15-14(11-21)7-9-27-15/h2-5,7,9H,6,8,10-11H2,1H3. The molecule has 3 heterocycles. The highest BCUT2D eigenvalue weighted by atomic mass is 32.1. The Kier molecular flexibility index (Phi) is 4.27. The number of imide groups is 2. The van der Waals surface area contributed by atoms with E-state index in [1.807, 2.05) is 4.90 Å². The lowest BCUT2D eigenvalue weighted by molar-refractivity contribution is -0.143. The van der Waals surface area contributed by atoms with E-state index in [-0.39, 0.29) is 12.5 Å². The second-order valence-electron chi connectivity index (χ2n) is 6.58. The van der Waals surface area contributed by atoms with Gasteiger partial charge in [-0.1, -0.05) is 12.1 Å². The summed E-state index contributed by atoms with van der Waals surface area (Å²) in [7, 11) is 1.28. The van der Waals surface area contributed by atoms with Crippen LogP contribution >= 0.6 is 11.3 Å². The highest BCUT2D eigenvalue weighted by molar-refractivity contribution is 7.10. The van der Waals surface area contributed by atoms with Gasteiger partial charge in [0, 0.05) is 30.6 Å². The van der Waals surface area contributed by atoms with Crippen molar-refractivity contribution in [1.29, 1.82) is 0 Å². The van der Waals surface area contributed by atoms with Crippen molar-refractivity contribution in [3.63, 3.8) is 0 Å². The van der Waals surface area contributed by atoms with Crippen LogP contribution in [0.1, 0.15) is 26.4 Å². The van der Waals surface area contributed by atoms with Gasteiger partial charge in [-0.05, 0) is 41.1 Å². The number of carbonyl (C=O) groups excluding carboxylic acids is 4. The van der Waals surface area contributed by atoms with E-state index in [1.54, 1.807) is 35.6 Å². The third-order valence-corrected chi connectivity index (χ3v) is 5.91. The first kappa shape index (κ1) is 17.4. The summed E-state index contributed by atoms with van der Waals surface area (Å²) < 4.78 is 0. The van der Waals surface area contributed by atoms with Crippen LogP contribution in [0.4, 0.5) is 4.79 Å². The van der Waals surface area contributed by atoms with Crippen molar-refractivity contribution in [2.24, 2.45) is 0 Å². The normalized spacial score (nSPS) is 16.9. The number of urea groups is 1. The van der Waals surface area contributed by atoms with E-state index >= 15 is 0 Å². The van der Waals surface area contributed by atoms with Crippen molar-refractivity contribution in [2.45, 2.75) is 19.5 Å². The number of carbonyl (C=O) groups is 4. The maximum atomic E-state index is 12.7. The molecule has 0 saturated carbocycles. The minimum atomic E-state index is -0.831. The lowest BCUT2D eigenvalue weighted by Gasteiger charge is -2.27. The molecule has 0 N–H and O–H groups in total. The summed E-state index contributed by atoms with van der Waals surface area (Å²) in [6.45, 7) is 1.31. The molecule has 0 atom stereocenters. The molecule has 4 rings (SSSR count). The molecule has 0 radical (unpaired) electrons. The van der Waals surface area contributed by atoms with Gasteiger partial charge < -0.3 is 4.90 Å². The summed E-state index contributed by atoms with van der Waals surface area (Å²) in [4.78, 5) is 53.0. The highest BCUT2D eigenvalue weighted by Gasteiger charge is 2.42. The smallest absolute Gasteiger partial charge is 0.334 e. The Morgan fingerprint density at radius 2 is 1.81 bits per heavy atom. The average molecular weight is 383 g/mol. The summed E-state index contributed by atoms with van der Waals surface area (Å²) >= 11 is 1.73. The minimum Gasteiger partial charge on any atom is -0.334 e. The fourth-order valence-electron chi connectivity index (χ4n) is 3.29. The molecule has 5 amide bonds. The first-order valence-corrected chi connectivity index (χ1v) is 9.40. The van der Waals surface area contributed by atoms with Gasteiger partial charge in [0.1, 0.15) is 0 Å². The van der Waals surface area contributed by atoms with E-state index in [4.69, 9.17) is 0 Å². The number of hydrogen-bond acceptors (Lipinski definition) is 5. The van der Waals surface area contributed by atoms with Crippen molar-refractivity contribution < 1.29 is 19.2 Å². The largest absolute Gasteiger partial charge is 0.334 e. The molecule has 1 fully saturated rings. The molecule has 0 unspecified atom stereocenters. The van der Waals surface area contributed by atoms with Gasteiger partial charge in [-0.3, -0.25) is 24.2 Å². The van der Waals surface area contributed by atoms with Crippen LogP contribution in [0.5, 0.6) is 0 Å². The first-order chi connectivity index (χ1) is 13.0. The van der Waals surface area contributed by atoms with Crippen LogP contribution < -0.4 is 0 Å². The molecule has 27 heavy (non-hydrogen) atoms. The minimum absolute atomic E-state index is 0.00416. The van der Waals surface area contributed by atoms with Crippen molar-refractivity contribution in [2.75, 3.05) is 13.6 Å². The second kappa shape index (κ2) is 6.62. The molecule has 0 aliphatic carbocycles. The Hall–Kier alpha value is -3.00. The fraction of sp³-hybridized carbons (Fsp3) is 0.263. The first-order valence-electron chi connectivity index (χ1n) is 8.52. The van der Waals surface area contributed by atoms with Gasteiger partial charge in [0.15, 0.2) is 0 Å². The summed E-state index contributed by atoms with van der Waals surface area (Å²) in [6, 6.07) is 8.22. The van der Waals surface area contributed by atoms with Gasteiger partial charge in [-0.25, -0.2) is 4.79 Å². The Balaban J connectivity index is 1.45. The Labute approximate surface area is 159 Å². The molecule has 2 aliphatic heterocycles. The van der Waals surface area contributed by atoms with Gasteiger partial charge in [0.05, 0.1) is 6.54 Å². The summed E-state index contributed by atoms with van der Waals surface area (Å²) in [5.74, 6) is -1.70. The molecule has 0 bridgehead atoms. The van der Waals surface area contributed by atoms with Crippen molar-refractivity contribution >= 4 is 35.1 Å². The molecular formula is C19H17N3O4S. The fourth-order valence-corrected chi connectivity index (χ4v) is 4.18. The quantitative estimate of drug-likeness (QED) is 0.599. The highest BCUT2D eigenvalue weighted by Crippen LogP contribution is 2.25. The van der Waals surface area contributed by atoms with E-state index in [0.29, 0.717) is 24.2 Å². The van der Waals surface area contributed by atoms with Crippen LogP contribution in [0, 0.1) is 0 Å². The van der Waals surface area contributed by atoms with Gasteiger partial charge in [-0.2, -0.15) is 0 Å². The zero-order chi connectivity index (χ0) is 19.1. The van der Waals surface area contributed by atoms with Crippen molar-refractivity contribution in [3.05, 3.63) is 57.3 Å². The summed E-state index contributed by atoms with van der Waals surface area (Å²) in [6.07, 6.45) is 0.873. The Morgan fingerprint density at radius 1 is 1.07 bits per heavy atom. The third kappa shape index (κ3) is 3.02. The van der Waals surface area contributed by atoms with E-state index in [9.17, 15) is 19.2 Å². The number of rotatable bonds is 3. The van der Waals surface area contributed by atoms with Crippen LogP contribution in [-0.4, -0.2) is 52.0 Å². The van der Waals surface area contributed by atoms with Gasteiger partial charge in [0.25, 0.3) is 5.91 Å². The van der Waals surface area contributed by atoms with E-state index in [0.717, 1.165) is 16.2 Å². The average Bonchev–Trinajstić information content (AvgIpc) is 3.23. The zero-order valence-electron chi connectivity index (χ0n) is 14.7. The number of hydrogen-bond donors (Lipinski definition) is 0. The SMILES string of the molecule is CN1C(=O)C(=O)N(Cc2ccc(C(=O)N3CCc4sccc4C3)cc2)C1=O. The monoisotopic (exact) mass is 383 g/mol. The lowest BCUT2D eigenvalue weighted by atomic mass is 10.1. The third-order valence-electron chi connectivity index (χ3n) is 4.89. The van der Waals surface area contributed by atoms with Crippen molar-refractivity contribution in [1.82, 2.24) is 14.7 Å². The predicted molar refractivity (Wildman–Crippen MR) is 97.9 cm³/mol. The molecule has 0 spiro atoms. The molecule has 8 heteroatoms. The van der Waals surface area contributed by atoms with E-state index in [2.05, 4.69) is 11.4 Å². The molecule has 7 nitrogen and oxygen atoms in total. The molecule has 138 valence electrons. The van der Waals surface area contributed by atoms with Gasteiger partial charge in [-0.15, -0.1) is 11.3 Å². The lowest BCUT2D eigenvalue weighted by Crippen LogP contribution is -2.35. The van der Waals surface area contributed by atoms with Crippen LogP contribution in [0.3, 0.4) is 0 Å².